The highest BCUT2D eigenvalue weighted by Crippen LogP contribution is 2.34. The van der Waals surface area contributed by atoms with E-state index in [0.717, 1.165) is 33.0 Å². The number of rotatable bonds is 6. The van der Waals surface area contributed by atoms with Crippen molar-refractivity contribution in [2.24, 2.45) is 0 Å². The molecule has 148 valence electrons. The molecule has 0 unspecified atom stereocenters. The van der Waals surface area contributed by atoms with Gasteiger partial charge >= 0.3 is 4.87 Å². The zero-order valence-corrected chi connectivity index (χ0v) is 17.6. The van der Waals surface area contributed by atoms with Gasteiger partial charge in [0, 0.05) is 11.1 Å². The molecular weight excluding hydrogens is 406 g/mol. The smallest absolute Gasteiger partial charge is 0.307 e. The van der Waals surface area contributed by atoms with E-state index < -0.39 is 0 Å². The molecule has 0 atom stereocenters. The molecule has 4 aromatic rings. The van der Waals surface area contributed by atoms with E-state index in [1.54, 1.807) is 10.3 Å². The average molecular weight is 426 g/mol. The molecule has 0 radical (unpaired) electrons. The normalized spacial score (nSPS) is 11.0. The Kier molecular flexibility index (Phi) is 5.46. The molecule has 29 heavy (non-hydrogen) atoms. The zero-order valence-electron chi connectivity index (χ0n) is 16.0. The van der Waals surface area contributed by atoms with Crippen molar-refractivity contribution in [2.75, 3.05) is 11.5 Å². The Morgan fingerprint density at radius 3 is 2.59 bits per heavy atom. The van der Waals surface area contributed by atoms with Gasteiger partial charge < -0.3 is 4.74 Å². The molecule has 2 heterocycles. The second-order valence-electron chi connectivity index (χ2n) is 6.35. The van der Waals surface area contributed by atoms with Crippen LogP contribution in [0.2, 0.25) is 0 Å². The summed E-state index contributed by atoms with van der Waals surface area (Å²) in [5.74, 6) is 0.509. The summed E-state index contributed by atoms with van der Waals surface area (Å²) in [5, 5.41) is 2.33. The maximum atomic E-state index is 13.3. The van der Waals surface area contributed by atoms with Gasteiger partial charge in [-0.25, -0.2) is 4.98 Å². The third-order valence-corrected chi connectivity index (χ3v) is 6.30. The van der Waals surface area contributed by atoms with E-state index >= 15 is 0 Å². The third-order valence-electron chi connectivity index (χ3n) is 4.40. The van der Waals surface area contributed by atoms with Crippen molar-refractivity contribution in [2.45, 2.75) is 20.4 Å². The number of anilines is 2. The molecule has 2 aromatic heterocycles. The van der Waals surface area contributed by atoms with Crippen LogP contribution in [-0.2, 0) is 11.3 Å². The van der Waals surface area contributed by atoms with Crippen LogP contribution in [0.25, 0.3) is 10.2 Å². The fourth-order valence-electron chi connectivity index (χ4n) is 2.98. The molecule has 6 nitrogen and oxygen atoms in total. The highest BCUT2D eigenvalue weighted by molar-refractivity contribution is 7.22. The summed E-state index contributed by atoms with van der Waals surface area (Å²) in [6.45, 7) is 4.27. The first kappa shape index (κ1) is 19.4. The number of para-hydroxylation sites is 1. The third kappa shape index (κ3) is 3.94. The Hall–Kier alpha value is -2.97. The predicted octanol–water partition coefficient (Wildman–Crippen LogP) is 4.59. The van der Waals surface area contributed by atoms with Crippen LogP contribution in [0.4, 0.5) is 10.8 Å². The summed E-state index contributed by atoms with van der Waals surface area (Å²) in [4.78, 5) is 31.5. The van der Waals surface area contributed by atoms with Crippen LogP contribution in [0.1, 0.15) is 12.6 Å². The van der Waals surface area contributed by atoms with Crippen LogP contribution in [0.5, 0.6) is 5.75 Å². The van der Waals surface area contributed by atoms with Crippen LogP contribution in [0.3, 0.4) is 0 Å². The largest absolute Gasteiger partial charge is 0.494 e. The van der Waals surface area contributed by atoms with Gasteiger partial charge in [-0.15, -0.1) is 0 Å². The molecule has 0 fully saturated rings. The van der Waals surface area contributed by atoms with Crippen molar-refractivity contribution in [3.05, 3.63) is 69.3 Å². The maximum Gasteiger partial charge on any atom is 0.307 e. The Labute approximate surface area is 175 Å². The molecule has 0 saturated carbocycles. The van der Waals surface area contributed by atoms with Crippen LogP contribution in [0, 0.1) is 6.92 Å². The van der Waals surface area contributed by atoms with Gasteiger partial charge in [0.25, 0.3) is 5.91 Å². The number of thiazole rings is 2. The lowest BCUT2D eigenvalue weighted by Crippen LogP contribution is -2.32. The number of nitrogens with zero attached hydrogens (tertiary/aromatic N) is 3. The van der Waals surface area contributed by atoms with Gasteiger partial charge in [0.15, 0.2) is 5.13 Å². The molecule has 4 rings (SSSR count). The van der Waals surface area contributed by atoms with E-state index in [4.69, 9.17) is 4.74 Å². The number of fused-ring (bicyclic) bond motifs is 1. The van der Waals surface area contributed by atoms with E-state index in [2.05, 4.69) is 4.98 Å². The van der Waals surface area contributed by atoms with E-state index in [1.165, 1.54) is 15.9 Å². The van der Waals surface area contributed by atoms with Gasteiger partial charge in [-0.05, 0) is 50.2 Å². The van der Waals surface area contributed by atoms with Crippen LogP contribution < -0.4 is 14.5 Å². The number of hydrogen-bond acceptors (Lipinski definition) is 6. The lowest BCUT2D eigenvalue weighted by atomic mass is 10.2. The molecule has 0 aliphatic heterocycles. The van der Waals surface area contributed by atoms with Crippen LogP contribution in [0.15, 0.2) is 58.7 Å². The topological polar surface area (TPSA) is 64.4 Å². The van der Waals surface area contributed by atoms with Gasteiger partial charge in [-0.3, -0.25) is 19.1 Å². The summed E-state index contributed by atoms with van der Waals surface area (Å²) >= 11 is 2.54. The summed E-state index contributed by atoms with van der Waals surface area (Å²) in [6.07, 6.45) is 0. The first-order valence-electron chi connectivity index (χ1n) is 9.13. The first-order chi connectivity index (χ1) is 14.1. The summed E-state index contributed by atoms with van der Waals surface area (Å²) in [7, 11) is 0. The van der Waals surface area contributed by atoms with Gasteiger partial charge in [0.05, 0.1) is 22.5 Å². The summed E-state index contributed by atoms with van der Waals surface area (Å²) in [5.41, 5.74) is 2.28. The number of aromatic nitrogens is 2. The number of aryl methyl sites for hydroxylation is 1. The Morgan fingerprint density at radius 2 is 1.93 bits per heavy atom. The average Bonchev–Trinajstić information content (AvgIpc) is 3.28. The Bertz CT molecular complexity index is 1170. The lowest BCUT2D eigenvalue weighted by molar-refractivity contribution is -0.118. The van der Waals surface area contributed by atoms with Crippen molar-refractivity contribution >= 4 is 49.6 Å². The van der Waals surface area contributed by atoms with E-state index in [1.807, 2.05) is 62.4 Å². The Balaban J connectivity index is 1.75. The van der Waals surface area contributed by atoms with Crippen molar-refractivity contribution in [3.63, 3.8) is 0 Å². The van der Waals surface area contributed by atoms with Crippen LogP contribution in [-0.4, -0.2) is 22.1 Å². The van der Waals surface area contributed by atoms with Gasteiger partial charge in [0.2, 0.25) is 0 Å². The molecule has 0 aliphatic carbocycles. The van der Waals surface area contributed by atoms with Crippen molar-refractivity contribution in [3.8, 4) is 5.75 Å². The second kappa shape index (κ2) is 8.18. The number of carbonyl (C=O) groups is 1. The van der Waals surface area contributed by atoms with E-state index in [-0.39, 0.29) is 17.3 Å². The molecule has 2 aromatic carbocycles. The van der Waals surface area contributed by atoms with Crippen molar-refractivity contribution < 1.29 is 9.53 Å². The minimum Gasteiger partial charge on any atom is -0.494 e. The van der Waals surface area contributed by atoms with Gasteiger partial charge in [0.1, 0.15) is 12.3 Å². The van der Waals surface area contributed by atoms with Crippen molar-refractivity contribution in [1.82, 2.24) is 9.55 Å². The quantitative estimate of drug-likeness (QED) is 0.453. The zero-order chi connectivity index (χ0) is 20.4. The SMILES string of the molecule is CCOc1ccc(N(C(=O)Cn2c(C)csc2=O)c2nc3ccccc3s2)cc1. The minimum atomic E-state index is -0.225. The molecule has 1 amide bonds. The first-order valence-corrected chi connectivity index (χ1v) is 10.8. The highest BCUT2D eigenvalue weighted by atomic mass is 32.1. The number of hydrogen-bond donors (Lipinski definition) is 0. The summed E-state index contributed by atoms with van der Waals surface area (Å²) < 4.78 is 7.99. The summed E-state index contributed by atoms with van der Waals surface area (Å²) in [6, 6.07) is 15.1. The maximum absolute atomic E-state index is 13.3. The van der Waals surface area contributed by atoms with E-state index in [9.17, 15) is 9.59 Å². The molecule has 0 bridgehead atoms. The number of ether oxygens (including phenoxy) is 1. The van der Waals surface area contributed by atoms with Gasteiger partial charge in [-0.2, -0.15) is 0 Å². The fraction of sp³-hybridized carbons (Fsp3) is 0.190. The molecule has 0 N–H and O–H groups in total. The number of benzene rings is 2. The standard InChI is InChI=1S/C21H19N3O3S2/c1-3-27-16-10-8-15(9-11-16)24(19(25)12-23-14(2)13-28-21(23)26)20-22-17-6-4-5-7-18(17)29-20/h4-11,13H,3,12H2,1-2H3. The second-order valence-corrected chi connectivity index (χ2v) is 8.18. The minimum absolute atomic E-state index is 0.0443. The molecular formula is C21H19N3O3S2. The van der Waals surface area contributed by atoms with Crippen molar-refractivity contribution in [1.29, 1.82) is 0 Å². The molecule has 0 spiro atoms. The Morgan fingerprint density at radius 1 is 1.17 bits per heavy atom. The molecule has 0 saturated heterocycles. The number of carbonyl (C=O) groups excluding carboxylic acids is 1. The number of amides is 1. The highest BCUT2D eigenvalue weighted by Gasteiger charge is 2.23. The van der Waals surface area contributed by atoms with Crippen LogP contribution >= 0.6 is 22.7 Å². The van der Waals surface area contributed by atoms with E-state index in [0.29, 0.717) is 17.4 Å². The monoisotopic (exact) mass is 425 g/mol. The fourth-order valence-corrected chi connectivity index (χ4v) is 4.72. The predicted molar refractivity (Wildman–Crippen MR) is 118 cm³/mol. The van der Waals surface area contributed by atoms with Gasteiger partial charge in [-0.1, -0.05) is 34.8 Å². The molecule has 8 heteroatoms. The molecule has 0 aliphatic rings. The lowest BCUT2D eigenvalue weighted by Gasteiger charge is -2.21.